The Kier molecular flexibility index (Phi) is 12.9. The molecule has 5 atom stereocenters. The number of carbonyl (C=O) groups excluding carboxylic acids is 3. The molecule has 4 rings (SSSR count). The standard InChI is InChI=1S/C36H44N2O10/c1-23(39)38-32-34(47-25(3)41)33(46-24(2)40)31(48-35(32)44-21-9-20-37)22-45-36(26-10-7-6-8-11-26,27-12-16-29(42-4)17-13-27)28-14-18-30(43-5)19-15-28/h6-8,10-19,31-35H,9,20-22,37H2,1-5H3,(H,38,39)/t31-,32-,33+,34-,35-/m1/s1. The number of hydrogen-bond acceptors (Lipinski definition) is 11. The Balaban J connectivity index is 1.85. The van der Waals surface area contributed by atoms with Gasteiger partial charge in [0.25, 0.3) is 0 Å². The number of hydrogen-bond donors (Lipinski definition) is 2. The summed E-state index contributed by atoms with van der Waals surface area (Å²) < 4.78 is 41.9. The van der Waals surface area contributed by atoms with E-state index in [2.05, 4.69) is 5.32 Å². The quantitative estimate of drug-likeness (QED) is 0.140. The molecule has 3 aromatic rings. The maximum atomic E-state index is 12.5. The minimum Gasteiger partial charge on any atom is -0.497 e. The molecule has 1 amide bonds. The highest BCUT2D eigenvalue weighted by Gasteiger charge is 2.52. The fourth-order valence-corrected chi connectivity index (χ4v) is 5.80. The van der Waals surface area contributed by atoms with Crippen LogP contribution < -0.4 is 20.5 Å². The fourth-order valence-electron chi connectivity index (χ4n) is 5.80. The van der Waals surface area contributed by atoms with Crippen molar-refractivity contribution in [3.05, 3.63) is 95.6 Å². The summed E-state index contributed by atoms with van der Waals surface area (Å²) in [5, 5.41) is 2.76. The molecule has 0 bridgehead atoms. The van der Waals surface area contributed by atoms with Crippen LogP contribution in [0.25, 0.3) is 0 Å². The highest BCUT2D eigenvalue weighted by atomic mass is 16.7. The number of methoxy groups -OCH3 is 2. The second kappa shape index (κ2) is 17.1. The monoisotopic (exact) mass is 664 g/mol. The number of ether oxygens (including phenoxy) is 7. The number of nitrogens with one attached hydrogen (secondary N) is 1. The number of benzene rings is 3. The molecule has 1 saturated heterocycles. The molecule has 1 heterocycles. The van der Waals surface area contributed by atoms with E-state index < -0.39 is 54.1 Å². The number of carbonyl (C=O) groups is 3. The molecule has 0 aromatic heterocycles. The summed E-state index contributed by atoms with van der Waals surface area (Å²) in [4.78, 5) is 37.2. The van der Waals surface area contributed by atoms with Crippen molar-refractivity contribution in [2.24, 2.45) is 5.73 Å². The van der Waals surface area contributed by atoms with Crippen LogP contribution in [0.3, 0.4) is 0 Å². The molecule has 12 heteroatoms. The summed E-state index contributed by atoms with van der Waals surface area (Å²) in [6.45, 7) is 4.16. The number of nitrogens with two attached hydrogens (primary N) is 1. The van der Waals surface area contributed by atoms with E-state index >= 15 is 0 Å². The predicted molar refractivity (Wildman–Crippen MR) is 175 cm³/mol. The average Bonchev–Trinajstić information content (AvgIpc) is 3.08. The largest absolute Gasteiger partial charge is 0.497 e. The number of rotatable bonds is 15. The van der Waals surface area contributed by atoms with E-state index in [4.69, 9.17) is 38.9 Å². The Morgan fingerprint density at radius 2 is 1.29 bits per heavy atom. The Morgan fingerprint density at radius 1 is 0.771 bits per heavy atom. The first-order valence-corrected chi connectivity index (χ1v) is 15.7. The third-order valence-electron chi connectivity index (χ3n) is 7.89. The number of amides is 1. The maximum absolute atomic E-state index is 12.5. The van der Waals surface area contributed by atoms with Crippen molar-refractivity contribution in [1.82, 2.24) is 5.32 Å². The van der Waals surface area contributed by atoms with Gasteiger partial charge in [0, 0.05) is 20.8 Å². The maximum Gasteiger partial charge on any atom is 0.303 e. The summed E-state index contributed by atoms with van der Waals surface area (Å²) >= 11 is 0. The zero-order valence-electron chi connectivity index (χ0n) is 27.9. The van der Waals surface area contributed by atoms with Crippen molar-refractivity contribution in [3.8, 4) is 11.5 Å². The third-order valence-corrected chi connectivity index (χ3v) is 7.89. The van der Waals surface area contributed by atoms with E-state index in [1.54, 1.807) is 14.2 Å². The topological polar surface area (TPSA) is 154 Å². The lowest BCUT2D eigenvalue weighted by atomic mass is 9.80. The first kappa shape index (κ1) is 36.3. The Morgan fingerprint density at radius 3 is 1.77 bits per heavy atom. The molecule has 3 aromatic carbocycles. The summed E-state index contributed by atoms with van der Waals surface area (Å²) in [5.74, 6) is -0.399. The molecule has 258 valence electrons. The lowest BCUT2D eigenvalue weighted by molar-refractivity contribution is -0.282. The zero-order chi connectivity index (χ0) is 34.7. The van der Waals surface area contributed by atoms with Gasteiger partial charge in [-0.3, -0.25) is 14.4 Å². The zero-order valence-corrected chi connectivity index (χ0v) is 27.9. The molecule has 0 unspecified atom stereocenters. The predicted octanol–water partition coefficient (Wildman–Crippen LogP) is 3.47. The molecule has 0 aliphatic carbocycles. The van der Waals surface area contributed by atoms with Crippen LogP contribution in [0, 0.1) is 0 Å². The van der Waals surface area contributed by atoms with Gasteiger partial charge in [0.2, 0.25) is 5.91 Å². The first-order valence-electron chi connectivity index (χ1n) is 15.7. The Hall–Kier alpha value is -4.49. The minimum atomic E-state index is -1.23. The van der Waals surface area contributed by atoms with Gasteiger partial charge in [0.05, 0.1) is 27.4 Å². The van der Waals surface area contributed by atoms with Crippen molar-refractivity contribution < 1.29 is 47.5 Å². The van der Waals surface area contributed by atoms with Gasteiger partial charge in [-0.15, -0.1) is 0 Å². The van der Waals surface area contributed by atoms with Crippen molar-refractivity contribution in [2.75, 3.05) is 34.0 Å². The second-order valence-corrected chi connectivity index (χ2v) is 11.2. The van der Waals surface area contributed by atoms with Crippen molar-refractivity contribution in [2.45, 2.75) is 63.4 Å². The third kappa shape index (κ3) is 8.70. The van der Waals surface area contributed by atoms with Crippen LogP contribution in [0.4, 0.5) is 0 Å². The Labute approximate surface area is 280 Å². The van der Waals surface area contributed by atoms with E-state index in [1.807, 2.05) is 78.9 Å². The molecule has 48 heavy (non-hydrogen) atoms. The Bertz CT molecular complexity index is 1440. The molecule has 1 aliphatic heterocycles. The van der Waals surface area contributed by atoms with Gasteiger partial charge in [-0.05, 0) is 53.9 Å². The lowest BCUT2D eigenvalue weighted by Crippen LogP contribution is -2.66. The molecule has 0 saturated carbocycles. The fraction of sp³-hybridized carbons (Fsp3) is 0.417. The summed E-state index contributed by atoms with van der Waals surface area (Å²) in [6.07, 6.45) is -3.97. The van der Waals surface area contributed by atoms with Gasteiger partial charge in [-0.1, -0.05) is 54.6 Å². The normalized spacial score (nSPS) is 20.8. The molecule has 3 N–H and O–H groups in total. The van der Waals surface area contributed by atoms with Crippen LogP contribution in [0.1, 0.15) is 43.9 Å². The van der Waals surface area contributed by atoms with Crippen LogP contribution in [0.5, 0.6) is 11.5 Å². The molecular weight excluding hydrogens is 620 g/mol. The van der Waals surface area contributed by atoms with E-state index in [0.29, 0.717) is 24.5 Å². The molecule has 1 aliphatic rings. The summed E-state index contributed by atoms with van der Waals surface area (Å²) in [7, 11) is 3.18. The van der Waals surface area contributed by atoms with Crippen LogP contribution in [0.2, 0.25) is 0 Å². The average molecular weight is 665 g/mol. The molecule has 0 radical (unpaired) electrons. The van der Waals surface area contributed by atoms with E-state index in [-0.39, 0.29) is 13.2 Å². The van der Waals surface area contributed by atoms with Gasteiger partial charge in [-0.25, -0.2) is 0 Å². The molecule has 12 nitrogen and oxygen atoms in total. The van der Waals surface area contributed by atoms with E-state index in [9.17, 15) is 14.4 Å². The van der Waals surface area contributed by atoms with Crippen LogP contribution in [-0.2, 0) is 43.7 Å². The smallest absolute Gasteiger partial charge is 0.303 e. The van der Waals surface area contributed by atoms with Crippen molar-refractivity contribution in [1.29, 1.82) is 0 Å². The van der Waals surface area contributed by atoms with Gasteiger partial charge >= 0.3 is 11.9 Å². The SMILES string of the molecule is COc1ccc(C(OC[C@H]2O[C@@H](OCCCN)[C@H](NC(C)=O)[C@@H](OC(C)=O)[C@H]2OC(C)=O)(c2ccccc2)c2ccc(OC)cc2)cc1. The highest BCUT2D eigenvalue weighted by Crippen LogP contribution is 2.42. The second-order valence-electron chi connectivity index (χ2n) is 11.2. The van der Waals surface area contributed by atoms with Crippen LogP contribution >= 0.6 is 0 Å². The van der Waals surface area contributed by atoms with Gasteiger partial charge in [-0.2, -0.15) is 0 Å². The van der Waals surface area contributed by atoms with Gasteiger partial charge in [0.1, 0.15) is 29.2 Å². The van der Waals surface area contributed by atoms with Crippen molar-refractivity contribution in [3.63, 3.8) is 0 Å². The van der Waals surface area contributed by atoms with Crippen LogP contribution in [0.15, 0.2) is 78.9 Å². The molecule has 1 fully saturated rings. The van der Waals surface area contributed by atoms with E-state index in [0.717, 1.165) is 16.7 Å². The van der Waals surface area contributed by atoms with Gasteiger partial charge in [0.15, 0.2) is 18.5 Å². The highest BCUT2D eigenvalue weighted by molar-refractivity contribution is 5.73. The first-order chi connectivity index (χ1) is 23.1. The number of esters is 2. The van der Waals surface area contributed by atoms with E-state index in [1.165, 1.54) is 20.8 Å². The summed E-state index contributed by atoms with van der Waals surface area (Å²) in [6, 6.07) is 23.6. The lowest BCUT2D eigenvalue weighted by Gasteiger charge is -2.46. The van der Waals surface area contributed by atoms with Gasteiger partial charge < -0.3 is 44.2 Å². The summed E-state index contributed by atoms with van der Waals surface area (Å²) in [5.41, 5.74) is 6.80. The molecule has 0 spiro atoms. The minimum absolute atomic E-state index is 0.174. The van der Waals surface area contributed by atoms with Crippen molar-refractivity contribution >= 4 is 17.8 Å². The van der Waals surface area contributed by atoms with Crippen LogP contribution in [-0.4, -0.2) is 82.5 Å². The molecular formula is C36H44N2O10.